The normalized spacial score (nSPS) is 19.7. The molecule has 0 amide bonds. The first-order valence-electron chi connectivity index (χ1n) is 10.8. The third-order valence-corrected chi connectivity index (χ3v) is 5.84. The van der Waals surface area contributed by atoms with Crippen molar-refractivity contribution in [3.05, 3.63) is 42.1 Å². The van der Waals surface area contributed by atoms with Gasteiger partial charge in [-0.15, -0.1) is 5.11 Å². The molecule has 0 spiro atoms. The number of aromatic nitrogens is 4. The molecule has 0 bridgehead atoms. The number of esters is 1. The van der Waals surface area contributed by atoms with Gasteiger partial charge in [0.25, 0.3) is 0 Å². The molecule has 1 unspecified atom stereocenters. The molecule has 1 saturated heterocycles. The van der Waals surface area contributed by atoms with Gasteiger partial charge in [-0.05, 0) is 19.1 Å². The Labute approximate surface area is 194 Å². The van der Waals surface area contributed by atoms with Crippen molar-refractivity contribution < 1.29 is 19.0 Å². The molecule has 2 aliphatic heterocycles. The Hall–Kier alpha value is -4.06. The minimum atomic E-state index is -0.708. The van der Waals surface area contributed by atoms with Gasteiger partial charge in [0.1, 0.15) is 17.9 Å². The second-order valence-corrected chi connectivity index (χ2v) is 8.02. The Morgan fingerprint density at radius 2 is 2.26 bits per heavy atom. The van der Waals surface area contributed by atoms with Crippen molar-refractivity contribution in [2.75, 3.05) is 31.8 Å². The van der Waals surface area contributed by atoms with Crippen LogP contribution < -0.4 is 15.0 Å². The molecule has 5 heterocycles. The highest BCUT2D eigenvalue weighted by molar-refractivity contribution is 5.91. The summed E-state index contributed by atoms with van der Waals surface area (Å²) in [5, 5.41) is 7.12. The Morgan fingerprint density at radius 1 is 1.38 bits per heavy atom. The number of hydrogen-bond donors (Lipinski definition) is 3. The number of fused-ring (bicyclic) bond motifs is 4. The molecule has 12 heteroatoms. The second kappa shape index (κ2) is 9.06. The molecule has 3 aromatic rings. The quantitative estimate of drug-likeness (QED) is 0.283. The van der Waals surface area contributed by atoms with Crippen molar-refractivity contribution in [1.82, 2.24) is 25.3 Å². The average molecular weight is 464 g/mol. The van der Waals surface area contributed by atoms with E-state index in [2.05, 4.69) is 37.0 Å². The fraction of sp³-hybridized carbons (Fsp3) is 0.364. The zero-order valence-corrected chi connectivity index (χ0v) is 18.7. The van der Waals surface area contributed by atoms with Crippen LogP contribution in [-0.2, 0) is 20.8 Å². The van der Waals surface area contributed by atoms with E-state index in [1.165, 1.54) is 13.3 Å². The minimum Gasteiger partial charge on any atom is -0.486 e. The Kier molecular flexibility index (Phi) is 5.80. The highest BCUT2D eigenvalue weighted by atomic mass is 16.5. The van der Waals surface area contributed by atoms with Crippen molar-refractivity contribution in [2.24, 2.45) is 5.11 Å². The van der Waals surface area contributed by atoms with E-state index in [0.717, 1.165) is 16.6 Å². The van der Waals surface area contributed by atoms with Crippen LogP contribution in [-0.4, -0.2) is 64.9 Å². The summed E-state index contributed by atoms with van der Waals surface area (Å²) in [5.74, 6) is 1.11. The molecule has 12 nitrogen and oxygen atoms in total. The van der Waals surface area contributed by atoms with Gasteiger partial charge < -0.3 is 29.4 Å². The molecule has 34 heavy (non-hydrogen) atoms. The van der Waals surface area contributed by atoms with Crippen molar-refractivity contribution in [2.45, 2.75) is 25.6 Å². The van der Waals surface area contributed by atoms with Gasteiger partial charge in [0.2, 0.25) is 0 Å². The standard InChI is InChI=1S/C22H24N8O4/c1-12-9-33-10-13-11-34-18-16(7-24-8-17(29-23)22(31)32-2)27-20(28-21(18)30(12)13)15-4-6-26-19-14(15)3-5-25-19/h3-6,8,12-13,23-24H,7,9-11H2,1-2H3,(H,25,26)/b17-8-,29-23?/t12-,13?/m1/s1. The van der Waals surface area contributed by atoms with Gasteiger partial charge in [-0.25, -0.2) is 25.3 Å². The number of anilines is 1. The highest BCUT2D eigenvalue weighted by Gasteiger charge is 2.37. The van der Waals surface area contributed by atoms with Gasteiger partial charge in [-0.1, -0.05) is 0 Å². The van der Waals surface area contributed by atoms with Crippen LogP contribution in [0.25, 0.3) is 22.4 Å². The molecule has 2 aliphatic rings. The van der Waals surface area contributed by atoms with Crippen LogP contribution in [0.15, 0.2) is 41.5 Å². The maximum Gasteiger partial charge on any atom is 0.360 e. The molecule has 0 radical (unpaired) electrons. The van der Waals surface area contributed by atoms with Crippen molar-refractivity contribution >= 4 is 22.8 Å². The summed E-state index contributed by atoms with van der Waals surface area (Å²) in [4.78, 5) is 31.2. The molecule has 0 aliphatic carbocycles. The number of ether oxygens (including phenoxy) is 3. The zero-order valence-electron chi connectivity index (χ0n) is 18.7. The summed E-state index contributed by atoms with van der Waals surface area (Å²) >= 11 is 0. The maximum atomic E-state index is 11.7. The SMILES string of the molecule is COC(=O)/C(=C/NCc1nc(-c2ccnc3[nH]ccc23)nc2c1OCC1COC[C@@H](C)N21)N=N. The maximum absolute atomic E-state index is 11.7. The number of nitrogens with one attached hydrogen (secondary N) is 3. The second-order valence-electron chi connectivity index (χ2n) is 8.02. The topological polar surface area (TPSA) is 151 Å². The van der Waals surface area contributed by atoms with Crippen LogP contribution >= 0.6 is 0 Å². The summed E-state index contributed by atoms with van der Waals surface area (Å²) in [6.45, 7) is 3.92. The fourth-order valence-electron chi connectivity index (χ4n) is 4.27. The van der Waals surface area contributed by atoms with Crippen LogP contribution in [0, 0.1) is 5.53 Å². The smallest absolute Gasteiger partial charge is 0.360 e. The van der Waals surface area contributed by atoms with Gasteiger partial charge in [0.15, 0.2) is 23.1 Å². The van der Waals surface area contributed by atoms with Crippen molar-refractivity contribution in [3.63, 3.8) is 0 Å². The van der Waals surface area contributed by atoms with E-state index in [1.807, 2.05) is 18.3 Å². The molecule has 2 atom stereocenters. The van der Waals surface area contributed by atoms with Crippen LogP contribution in [0.2, 0.25) is 0 Å². The lowest BCUT2D eigenvalue weighted by Gasteiger charge is -2.44. The highest BCUT2D eigenvalue weighted by Crippen LogP contribution is 2.39. The lowest BCUT2D eigenvalue weighted by molar-refractivity contribution is -0.136. The number of carbonyl (C=O) groups excluding carboxylic acids is 1. The van der Waals surface area contributed by atoms with E-state index in [9.17, 15) is 4.79 Å². The summed E-state index contributed by atoms with van der Waals surface area (Å²) in [6.07, 6.45) is 4.87. The van der Waals surface area contributed by atoms with Gasteiger partial charge in [-0.2, -0.15) is 0 Å². The van der Waals surface area contributed by atoms with E-state index in [1.54, 1.807) is 6.20 Å². The van der Waals surface area contributed by atoms with Gasteiger partial charge in [0, 0.05) is 29.5 Å². The first kappa shape index (κ1) is 21.8. The number of H-pyrrole nitrogens is 1. The molecular weight excluding hydrogens is 440 g/mol. The third-order valence-electron chi connectivity index (χ3n) is 5.84. The fourth-order valence-corrected chi connectivity index (χ4v) is 4.27. The molecule has 5 rings (SSSR count). The number of nitrogens with zero attached hydrogens (tertiary/aromatic N) is 5. The van der Waals surface area contributed by atoms with E-state index < -0.39 is 5.97 Å². The van der Waals surface area contributed by atoms with E-state index in [0.29, 0.717) is 42.9 Å². The monoisotopic (exact) mass is 464 g/mol. The molecule has 3 aromatic heterocycles. The van der Waals surface area contributed by atoms with Crippen LogP contribution in [0.1, 0.15) is 12.6 Å². The molecule has 1 fully saturated rings. The van der Waals surface area contributed by atoms with Crippen LogP contribution in [0.5, 0.6) is 5.75 Å². The lowest BCUT2D eigenvalue weighted by Crippen LogP contribution is -2.56. The van der Waals surface area contributed by atoms with E-state index >= 15 is 0 Å². The predicted molar refractivity (Wildman–Crippen MR) is 121 cm³/mol. The largest absolute Gasteiger partial charge is 0.486 e. The predicted octanol–water partition coefficient (Wildman–Crippen LogP) is 2.14. The number of carbonyl (C=O) groups is 1. The van der Waals surface area contributed by atoms with Gasteiger partial charge in [0.05, 0.1) is 39.0 Å². The number of aromatic amines is 1. The Balaban J connectivity index is 1.59. The third kappa shape index (κ3) is 3.81. The number of hydrogen-bond acceptors (Lipinski definition) is 11. The average Bonchev–Trinajstić information content (AvgIpc) is 3.35. The van der Waals surface area contributed by atoms with Crippen LogP contribution in [0.3, 0.4) is 0 Å². The van der Waals surface area contributed by atoms with Gasteiger partial charge >= 0.3 is 5.97 Å². The molecule has 3 N–H and O–H groups in total. The molecule has 0 saturated carbocycles. The van der Waals surface area contributed by atoms with Crippen molar-refractivity contribution in [3.8, 4) is 17.1 Å². The van der Waals surface area contributed by atoms with Crippen molar-refractivity contribution in [1.29, 1.82) is 5.53 Å². The number of pyridine rings is 1. The summed E-state index contributed by atoms with van der Waals surface area (Å²) in [6, 6.07) is 3.99. The Bertz CT molecular complexity index is 1270. The molecule has 0 aromatic carbocycles. The number of morpholine rings is 1. The van der Waals surface area contributed by atoms with E-state index in [-0.39, 0.29) is 24.3 Å². The molecular formula is C22H24N8O4. The summed E-state index contributed by atoms with van der Waals surface area (Å²) in [5.41, 5.74) is 9.24. The van der Waals surface area contributed by atoms with Gasteiger partial charge in [-0.3, -0.25) is 0 Å². The van der Waals surface area contributed by atoms with Crippen LogP contribution in [0.4, 0.5) is 5.82 Å². The lowest BCUT2D eigenvalue weighted by atomic mass is 10.1. The first-order chi connectivity index (χ1) is 16.6. The number of rotatable bonds is 6. The summed E-state index contributed by atoms with van der Waals surface area (Å²) in [7, 11) is 1.23. The summed E-state index contributed by atoms with van der Waals surface area (Å²) < 4.78 is 16.5. The first-order valence-corrected chi connectivity index (χ1v) is 10.8. The zero-order chi connectivity index (χ0) is 23.7. The Morgan fingerprint density at radius 3 is 3.09 bits per heavy atom. The molecule has 176 valence electrons. The number of methoxy groups -OCH3 is 1. The minimum absolute atomic E-state index is 0.0532. The van der Waals surface area contributed by atoms with E-state index in [4.69, 9.17) is 25.0 Å².